The van der Waals surface area contributed by atoms with Gasteiger partial charge in [-0.15, -0.1) is 11.8 Å². The second kappa shape index (κ2) is 9.17. The standard InChI is InChI=1S/C21H21F3N4S/c1-15-10-17(6-8-26-15)13-28-9-7-19(27-28)14-29-20(12-25)11-16-2-4-18(5-3-16)21(22,23)24/h2-10,12H,11,13-14,25H2,1H3/b20-12-. The number of hydrogen-bond acceptors (Lipinski definition) is 4. The van der Waals surface area contributed by atoms with Crippen molar-refractivity contribution in [3.63, 3.8) is 0 Å². The number of benzene rings is 1. The highest BCUT2D eigenvalue weighted by Crippen LogP contribution is 2.30. The molecule has 1 aromatic carbocycles. The van der Waals surface area contributed by atoms with Crippen LogP contribution in [0.2, 0.25) is 0 Å². The van der Waals surface area contributed by atoms with E-state index in [0.717, 1.165) is 39.6 Å². The minimum Gasteiger partial charge on any atom is -0.404 e. The van der Waals surface area contributed by atoms with Crippen LogP contribution >= 0.6 is 11.8 Å². The summed E-state index contributed by atoms with van der Waals surface area (Å²) in [7, 11) is 0. The lowest BCUT2D eigenvalue weighted by molar-refractivity contribution is -0.137. The Bertz CT molecular complexity index is 978. The van der Waals surface area contributed by atoms with Gasteiger partial charge in [-0.05, 0) is 48.4 Å². The smallest absolute Gasteiger partial charge is 0.404 e. The van der Waals surface area contributed by atoms with E-state index in [4.69, 9.17) is 5.73 Å². The molecule has 29 heavy (non-hydrogen) atoms. The summed E-state index contributed by atoms with van der Waals surface area (Å²) >= 11 is 1.53. The maximum absolute atomic E-state index is 12.7. The SMILES string of the molecule is Cc1cc(Cn2ccc(CS/C(=C\N)Cc3ccc(C(F)(F)F)cc3)n2)ccn1. The quantitative estimate of drug-likeness (QED) is 0.591. The zero-order chi connectivity index (χ0) is 20.9. The predicted octanol–water partition coefficient (Wildman–Crippen LogP) is 4.93. The normalized spacial score (nSPS) is 12.3. The summed E-state index contributed by atoms with van der Waals surface area (Å²) in [4.78, 5) is 5.07. The van der Waals surface area contributed by atoms with Crippen molar-refractivity contribution in [1.82, 2.24) is 14.8 Å². The Morgan fingerprint density at radius 2 is 1.90 bits per heavy atom. The fourth-order valence-corrected chi connectivity index (χ4v) is 3.65. The average molecular weight is 418 g/mol. The van der Waals surface area contributed by atoms with Crippen molar-refractivity contribution in [2.24, 2.45) is 5.73 Å². The summed E-state index contributed by atoms with van der Waals surface area (Å²) in [5.41, 5.74) is 8.84. The topological polar surface area (TPSA) is 56.7 Å². The van der Waals surface area contributed by atoms with E-state index in [0.29, 0.717) is 18.7 Å². The first kappa shape index (κ1) is 21.0. The molecule has 2 heterocycles. The van der Waals surface area contributed by atoms with E-state index in [1.807, 2.05) is 36.0 Å². The molecule has 0 bridgehead atoms. The van der Waals surface area contributed by atoms with Crippen molar-refractivity contribution in [2.75, 3.05) is 0 Å². The highest BCUT2D eigenvalue weighted by atomic mass is 32.2. The van der Waals surface area contributed by atoms with Gasteiger partial charge in [0.05, 0.1) is 17.8 Å². The first-order valence-corrected chi connectivity index (χ1v) is 9.95. The van der Waals surface area contributed by atoms with E-state index >= 15 is 0 Å². The van der Waals surface area contributed by atoms with Crippen molar-refractivity contribution in [3.05, 3.63) is 94.0 Å². The summed E-state index contributed by atoms with van der Waals surface area (Å²) in [6.45, 7) is 2.62. The number of aromatic nitrogens is 3. The van der Waals surface area contributed by atoms with Gasteiger partial charge in [0.1, 0.15) is 0 Å². The van der Waals surface area contributed by atoms with E-state index in [1.165, 1.54) is 30.1 Å². The molecule has 0 amide bonds. The van der Waals surface area contributed by atoms with Crippen LogP contribution in [0.3, 0.4) is 0 Å². The molecule has 0 aliphatic carbocycles. The minimum absolute atomic E-state index is 0.482. The van der Waals surface area contributed by atoms with Gasteiger partial charge in [-0.25, -0.2) is 0 Å². The summed E-state index contributed by atoms with van der Waals surface area (Å²) in [5.74, 6) is 0.631. The molecule has 2 N–H and O–H groups in total. The van der Waals surface area contributed by atoms with Crippen molar-refractivity contribution in [2.45, 2.75) is 31.8 Å². The number of rotatable bonds is 7. The van der Waals surface area contributed by atoms with Crippen LogP contribution in [0.25, 0.3) is 0 Å². The number of thioether (sulfide) groups is 1. The molecular weight excluding hydrogens is 397 g/mol. The second-order valence-electron chi connectivity index (χ2n) is 6.60. The van der Waals surface area contributed by atoms with Gasteiger partial charge in [0.25, 0.3) is 0 Å². The molecule has 0 saturated carbocycles. The van der Waals surface area contributed by atoms with Crippen LogP contribution in [0.1, 0.15) is 28.1 Å². The van der Waals surface area contributed by atoms with Gasteiger partial charge in [0, 0.05) is 41.4 Å². The molecule has 2 aromatic heterocycles. The molecule has 8 heteroatoms. The molecule has 0 atom stereocenters. The average Bonchev–Trinajstić information content (AvgIpc) is 3.12. The van der Waals surface area contributed by atoms with Crippen LogP contribution in [-0.4, -0.2) is 14.8 Å². The molecule has 0 aliphatic rings. The Morgan fingerprint density at radius 3 is 2.55 bits per heavy atom. The highest BCUT2D eigenvalue weighted by molar-refractivity contribution is 8.02. The molecule has 0 aliphatic heterocycles. The number of nitrogens with two attached hydrogens (primary N) is 1. The van der Waals surface area contributed by atoms with Crippen LogP contribution in [-0.2, 0) is 24.9 Å². The monoisotopic (exact) mass is 418 g/mol. The number of nitrogens with zero attached hydrogens (tertiary/aromatic N) is 3. The van der Waals surface area contributed by atoms with E-state index in [2.05, 4.69) is 10.1 Å². The maximum Gasteiger partial charge on any atom is 0.416 e. The van der Waals surface area contributed by atoms with Gasteiger partial charge in [0.2, 0.25) is 0 Å². The van der Waals surface area contributed by atoms with E-state index in [-0.39, 0.29) is 0 Å². The van der Waals surface area contributed by atoms with E-state index in [9.17, 15) is 13.2 Å². The summed E-state index contributed by atoms with van der Waals surface area (Å²) in [6.07, 6.45) is 1.36. The fourth-order valence-electron chi connectivity index (χ4n) is 2.80. The number of allylic oxidation sites excluding steroid dienone is 1. The largest absolute Gasteiger partial charge is 0.416 e. The Kier molecular flexibility index (Phi) is 6.64. The molecule has 0 fully saturated rings. The first-order chi connectivity index (χ1) is 13.8. The molecule has 4 nitrogen and oxygen atoms in total. The van der Waals surface area contributed by atoms with Gasteiger partial charge in [-0.3, -0.25) is 9.67 Å². The molecule has 3 aromatic rings. The summed E-state index contributed by atoms with van der Waals surface area (Å²) in [6, 6.07) is 11.1. The van der Waals surface area contributed by atoms with Crippen LogP contribution in [0.5, 0.6) is 0 Å². The number of halogens is 3. The molecule has 0 unspecified atom stereocenters. The van der Waals surface area contributed by atoms with Crippen LogP contribution in [0, 0.1) is 6.92 Å². The number of alkyl halides is 3. The van der Waals surface area contributed by atoms with E-state index in [1.54, 1.807) is 6.20 Å². The third-order valence-electron chi connectivity index (χ3n) is 4.25. The zero-order valence-electron chi connectivity index (χ0n) is 15.9. The van der Waals surface area contributed by atoms with Gasteiger partial charge >= 0.3 is 6.18 Å². The van der Waals surface area contributed by atoms with Crippen LogP contribution < -0.4 is 5.73 Å². The Hall–Kier alpha value is -2.74. The highest BCUT2D eigenvalue weighted by Gasteiger charge is 2.29. The van der Waals surface area contributed by atoms with Gasteiger partial charge in [-0.1, -0.05) is 12.1 Å². The van der Waals surface area contributed by atoms with Crippen molar-refractivity contribution >= 4 is 11.8 Å². The summed E-state index contributed by atoms with van der Waals surface area (Å²) in [5, 5.41) is 4.57. The third kappa shape index (κ3) is 6.12. The first-order valence-electron chi connectivity index (χ1n) is 8.97. The molecule has 3 rings (SSSR count). The molecule has 0 radical (unpaired) electrons. The lowest BCUT2D eigenvalue weighted by atomic mass is 10.1. The lowest BCUT2D eigenvalue weighted by Crippen LogP contribution is -2.04. The van der Waals surface area contributed by atoms with Gasteiger partial charge in [-0.2, -0.15) is 18.3 Å². The van der Waals surface area contributed by atoms with Gasteiger partial charge in [0.15, 0.2) is 0 Å². The fraction of sp³-hybridized carbons (Fsp3) is 0.238. The second-order valence-corrected chi connectivity index (χ2v) is 7.70. The molecule has 0 spiro atoms. The third-order valence-corrected chi connectivity index (χ3v) is 5.34. The molecule has 0 saturated heterocycles. The number of hydrogen-bond donors (Lipinski definition) is 1. The number of aryl methyl sites for hydroxylation is 1. The van der Waals surface area contributed by atoms with Crippen LogP contribution in [0.4, 0.5) is 13.2 Å². The van der Waals surface area contributed by atoms with E-state index < -0.39 is 11.7 Å². The molecule has 152 valence electrons. The van der Waals surface area contributed by atoms with Crippen LogP contribution in [0.15, 0.2) is 66.0 Å². The van der Waals surface area contributed by atoms with Crippen molar-refractivity contribution in [1.29, 1.82) is 0 Å². The maximum atomic E-state index is 12.7. The van der Waals surface area contributed by atoms with Gasteiger partial charge < -0.3 is 5.73 Å². The Labute approximate surface area is 171 Å². The van der Waals surface area contributed by atoms with Crippen molar-refractivity contribution in [3.8, 4) is 0 Å². The minimum atomic E-state index is -4.33. The zero-order valence-corrected chi connectivity index (χ0v) is 16.7. The molecular formula is C21H21F3N4S. The Morgan fingerprint density at radius 1 is 1.14 bits per heavy atom. The predicted molar refractivity (Wildman–Crippen MR) is 109 cm³/mol. The lowest BCUT2D eigenvalue weighted by Gasteiger charge is -2.09. The Balaban J connectivity index is 1.55. The number of pyridine rings is 1. The van der Waals surface area contributed by atoms with Crippen molar-refractivity contribution < 1.29 is 13.2 Å². The summed E-state index contributed by atoms with van der Waals surface area (Å²) < 4.78 is 39.9.